The van der Waals surface area contributed by atoms with Gasteiger partial charge in [0.15, 0.2) is 0 Å². The molecule has 1 heterocycles. The summed E-state index contributed by atoms with van der Waals surface area (Å²) in [4.78, 5) is 8.86. The Morgan fingerprint density at radius 2 is 2.00 bits per heavy atom. The van der Waals surface area contributed by atoms with Crippen molar-refractivity contribution in [2.75, 3.05) is 17.3 Å². The smallest absolute Gasteiger partial charge is 0.148 e. The lowest BCUT2D eigenvalue weighted by atomic mass is 10.2. The topological polar surface area (TPSA) is 75.9 Å². The number of anilines is 2. The molecule has 0 amide bonds. The Hall–Kier alpha value is -1.36. The average molecular weight is 249 g/mol. The van der Waals surface area contributed by atoms with Crippen LogP contribution in [0.3, 0.4) is 0 Å². The number of hydrogen-bond acceptors (Lipinski definition) is 5. The summed E-state index contributed by atoms with van der Waals surface area (Å²) in [6, 6.07) is 0. The maximum Gasteiger partial charge on any atom is 0.148 e. The fourth-order valence-electron chi connectivity index (χ4n) is 2.04. The summed E-state index contributed by atoms with van der Waals surface area (Å²) in [5, 5.41) is 3.40. The Kier molecular flexibility index (Phi) is 4.36. The maximum absolute atomic E-state index is 5.48. The molecule has 5 nitrogen and oxygen atoms in total. The van der Waals surface area contributed by atoms with Gasteiger partial charge >= 0.3 is 0 Å². The molecule has 1 aromatic rings. The third kappa shape index (κ3) is 3.32. The van der Waals surface area contributed by atoms with E-state index in [-0.39, 0.29) is 0 Å². The predicted octanol–water partition coefficient (Wildman–Crippen LogP) is 2.24. The van der Waals surface area contributed by atoms with E-state index in [9.17, 15) is 0 Å². The summed E-state index contributed by atoms with van der Waals surface area (Å²) >= 11 is 0. The van der Waals surface area contributed by atoms with Crippen LogP contribution >= 0.6 is 0 Å². The molecule has 1 fully saturated rings. The van der Waals surface area contributed by atoms with Crippen molar-refractivity contribution in [1.29, 1.82) is 0 Å². The van der Waals surface area contributed by atoms with Crippen LogP contribution in [0.1, 0.15) is 44.0 Å². The Bertz CT molecular complexity index is 401. The number of aromatic nitrogens is 2. The molecule has 0 aromatic carbocycles. The Labute approximate surface area is 109 Å². The Morgan fingerprint density at radius 1 is 1.28 bits per heavy atom. The Morgan fingerprint density at radius 3 is 2.61 bits per heavy atom. The van der Waals surface area contributed by atoms with E-state index in [0.717, 1.165) is 36.1 Å². The molecule has 5 heteroatoms. The molecule has 0 radical (unpaired) electrons. The number of hydrogen-bond donors (Lipinski definition) is 3. The largest absolute Gasteiger partial charge is 0.370 e. The van der Waals surface area contributed by atoms with E-state index in [1.807, 2.05) is 13.8 Å². The minimum atomic E-state index is 0.714. The highest BCUT2D eigenvalue weighted by Gasteiger charge is 2.20. The van der Waals surface area contributed by atoms with Crippen molar-refractivity contribution >= 4 is 11.6 Å². The minimum absolute atomic E-state index is 0.714. The van der Waals surface area contributed by atoms with Crippen molar-refractivity contribution in [1.82, 2.24) is 9.97 Å². The average Bonchev–Trinajstić information content (AvgIpc) is 3.20. The first-order valence-corrected chi connectivity index (χ1v) is 6.82. The number of nitrogens with two attached hydrogens (primary N) is 1. The monoisotopic (exact) mass is 249 g/mol. The number of hydrazine groups is 1. The van der Waals surface area contributed by atoms with Crippen LogP contribution in [-0.2, 0) is 6.42 Å². The van der Waals surface area contributed by atoms with E-state index in [1.54, 1.807) is 0 Å². The maximum atomic E-state index is 5.48. The molecule has 1 aromatic heterocycles. The van der Waals surface area contributed by atoms with Crippen LogP contribution < -0.4 is 16.6 Å². The van der Waals surface area contributed by atoms with Crippen LogP contribution in [0, 0.1) is 12.8 Å². The number of aryl methyl sites for hydroxylation is 1. The van der Waals surface area contributed by atoms with Gasteiger partial charge in [0.2, 0.25) is 0 Å². The van der Waals surface area contributed by atoms with Crippen LogP contribution in [0.15, 0.2) is 0 Å². The molecule has 2 rings (SSSR count). The van der Waals surface area contributed by atoms with Crippen LogP contribution in [0.5, 0.6) is 0 Å². The third-order valence-electron chi connectivity index (χ3n) is 3.42. The van der Waals surface area contributed by atoms with E-state index in [0.29, 0.717) is 5.82 Å². The predicted molar refractivity (Wildman–Crippen MR) is 74.4 cm³/mol. The third-order valence-corrected chi connectivity index (χ3v) is 3.42. The van der Waals surface area contributed by atoms with Crippen molar-refractivity contribution in [2.24, 2.45) is 11.8 Å². The second-order valence-electron chi connectivity index (χ2n) is 4.97. The molecule has 0 atom stereocenters. The fraction of sp³-hybridized carbons (Fsp3) is 0.692. The van der Waals surface area contributed by atoms with Crippen LogP contribution in [-0.4, -0.2) is 16.5 Å². The second kappa shape index (κ2) is 6.00. The van der Waals surface area contributed by atoms with Crippen LogP contribution in [0.4, 0.5) is 11.6 Å². The summed E-state index contributed by atoms with van der Waals surface area (Å²) in [6.07, 6.45) is 6.20. The zero-order chi connectivity index (χ0) is 13.0. The molecule has 0 saturated heterocycles. The molecule has 0 spiro atoms. The van der Waals surface area contributed by atoms with Gasteiger partial charge in [0.05, 0.1) is 0 Å². The van der Waals surface area contributed by atoms with E-state index >= 15 is 0 Å². The lowest BCUT2D eigenvalue weighted by molar-refractivity contribution is 0.686. The van der Waals surface area contributed by atoms with E-state index < -0.39 is 0 Å². The van der Waals surface area contributed by atoms with Crippen molar-refractivity contribution < 1.29 is 0 Å². The SMILES string of the molecule is CCc1nc(NN)c(C)c(NCCCC2CC2)n1. The van der Waals surface area contributed by atoms with E-state index in [2.05, 4.69) is 20.7 Å². The molecule has 100 valence electrons. The van der Waals surface area contributed by atoms with Crippen molar-refractivity contribution in [3.63, 3.8) is 0 Å². The summed E-state index contributed by atoms with van der Waals surface area (Å²) in [5.74, 6) is 8.91. The lowest BCUT2D eigenvalue weighted by Crippen LogP contribution is -2.15. The molecule has 0 unspecified atom stereocenters. The first-order chi connectivity index (χ1) is 8.74. The van der Waals surface area contributed by atoms with Gasteiger partial charge in [-0.25, -0.2) is 15.8 Å². The van der Waals surface area contributed by atoms with Crippen LogP contribution in [0.25, 0.3) is 0 Å². The highest BCUT2D eigenvalue weighted by molar-refractivity contribution is 5.56. The van der Waals surface area contributed by atoms with Gasteiger partial charge in [0.25, 0.3) is 0 Å². The number of nitrogens with zero attached hydrogens (tertiary/aromatic N) is 2. The highest BCUT2D eigenvalue weighted by Crippen LogP contribution is 2.33. The summed E-state index contributed by atoms with van der Waals surface area (Å²) < 4.78 is 0. The first-order valence-electron chi connectivity index (χ1n) is 6.82. The quantitative estimate of drug-likeness (QED) is 0.392. The molecule has 1 aliphatic carbocycles. The fourth-order valence-corrected chi connectivity index (χ4v) is 2.04. The molecule has 18 heavy (non-hydrogen) atoms. The molecule has 0 bridgehead atoms. The second-order valence-corrected chi connectivity index (χ2v) is 4.97. The Balaban J connectivity index is 1.95. The summed E-state index contributed by atoms with van der Waals surface area (Å²) in [7, 11) is 0. The van der Waals surface area contributed by atoms with Crippen molar-refractivity contribution in [3.8, 4) is 0 Å². The molecular formula is C13H23N5. The first kappa shape index (κ1) is 13.1. The van der Waals surface area contributed by atoms with Gasteiger partial charge in [0, 0.05) is 18.5 Å². The lowest BCUT2D eigenvalue weighted by Gasteiger charge is -2.13. The van der Waals surface area contributed by atoms with Gasteiger partial charge in [0.1, 0.15) is 17.5 Å². The zero-order valence-electron chi connectivity index (χ0n) is 11.3. The zero-order valence-corrected chi connectivity index (χ0v) is 11.3. The molecule has 0 aliphatic heterocycles. The van der Waals surface area contributed by atoms with Crippen molar-refractivity contribution in [3.05, 3.63) is 11.4 Å². The van der Waals surface area contributed by atoms with Gasteiger partial charge in [-0.1, -0.05) is 19.8 Å². The van der Waals surface area contributed by atoms with Gasteiger partial charge in [-0.2, -0.15) is 0 Å². The van der Waals surface area contributed by atoms with Gasteiger partial charge in [-0.3, -0.25) is 0 Å². The molecule has 1 saturated carbocycles. The van der Waals surface area contributed by atoms with Gasteiger partial charge in [-0.15, -0.1) is 0 Å². The standard InChI is InChI=1S/C13H23N5/c1-3-11-16-12(9(2)13(17-11)18-14)15-8-4-5-10-6-7-10/h10H,3-8,14H2,1-2H3,(H2,15,16,17,18). The van der Waals surface area contributed by atoms with Crippen LogP contribution in [0.2, 0.25) is 0 Å². The van der Waals surface area contributed by atoms with Crippen molar-refractivity contribution in [2.45, 2.75) is 46.0 Å². The molecule has 1 aliphatic rings. The molecular weight excluding hydrogens is 226 g/mol. The van der Waals surface area contributed by atoms with Gasteiger partial charge in [-0.05, 0) is 25.7 Å². The normalized spacial score (nSPS) is 14.6. The minimum Gasteiger partial charge on any atom is -0.370 e. The number of nitrogens with one attached hydrogen (secondary N) is 2. The molecule has 4 N–H and O–H groups in total. The highest BCUT2D eigenvalue weighted by atomic mass is 15.3. The summed E-state index contributed by atoms with van der Waals surface area (Å²) in [5.41, 5.74) is 3.63. The van der Waals surface area contributed by atoms with E-state index in [4.69, 9.17) is 5.84 Å². The summed E-state index contributed by atoms with van der Waals surface area (Å²) in [6.45, 7) is 5.00. The van der Waals surface area contributed by atoms with Gasteiger partial charge < -0.3 is 10.7 Å². The number of rotatable bonds is 7. The number of nitrogen functional groups attached to an aromatic ring is 1. The van der Waals surface area contributed by atoms with E-state index in [1.165, 1.54) is 25.7 Å².